The molecule has 1 atom stereocenters. The van der Waals surface area contributed by atoms with Gasteiger partial charge in [0.25, 0.3) is 5.97 Å². The second-order valence-corrected chi connectivity index (χ2v) is 7.44. The highest BCUT2D eigenvalue weighted by atomic mass is 16.4. The molecule has 2 N–H and O–H groups in total. The standard InChI is InChI=1S/C15H28N2O.C2H4O2/c1-15(2)7-4-13(11-15)17-8-5-12(6-9-17)10-14(18)16-3;1-2(3)4/h12-13H,4-11H2,1-3H3,(H,16,18);1H3,(H,3,4). The summed E-state index contributed by atoms with van der Waals surface area (Å²) < 4.78 is 0. The number of likely N-dealkylation sites (tertiary alicyclic amines) is 1. The minimum atomic E-state index is -0.833. The fourth-order valence-electron chi connectivity index (χ4n) is 3.60. The third-order valence-electron chi connectivity index (χ3n) is 4.86. The molecule has 22 heavy (non-hydrogen) atoms. The number of carbonyl (C=O) groups is 2. The fraction of sp³-hybridized carbons (Fsp3) is 0.882. The minimum absolute atomic E-state index is 0.204. The van der Waals surface area contributed by atoms with Crippen LogP contribution in [0, 0.1) is 11.3 Å². The van der Waals surface area contributed by atoms with Crippen molar-refractivity contribution in [2.24, 2.45) is 11.3 Å². The van der Waals surface area contributed by atoms with Crippen molar-refractivity contribution in [2.75, 3.05) is 20.1 Å². The molecule has 2 fully saturated rings. The Morgan fingerprint density at radius 1 is 1.23 bits per heavy atom. The molecule has 1 saturated carbocycles. The van der Waals surface area contributed by atoms with Crippen LogP contribution in [0.4, 0.5) is 0 Å². The van der Waals surface area contributed by atoms with E-state index in [1.54, 1.807) is 7.05 Å². The van der Waals surface area contributed by atoms with Crippen molar-refractivity contribution < 1.29 is 14.7 Å². The van der Waals surface area contributed by atoms with Crippen LogP contribution >= 0.6 is 0 Å². The lowest BCUT2D eigenvalue weighted by atomic mass is 9.90. The molecule has 1 aliphatic heterocycles. The molecule has 0 bridgehead atoms. The fourth-order valence-corrected chi connectivity index (χ4v) is 3.60. The van der Waals surface area contributed by atoms with Crippen LogP contribution in [-0.4, -0.2) is 48.1 Å². The van der Waals surface area contributed by atoms with E-state index in [-0.39, 0.29) is 5.91 Å². The van der Waals surface area contributed by atoms with E-state index in [0.29, 0.717) is 11.3 Å². The number of hydrogen-bond acceptors (Lipinski definition) is 3. The molecular formula is C17H32N2O3. The number of carbonyl (C=O) groups excluding carboxylic acids is 1. The molecule has 1 heterocycles. The van der Waals surface area contributed by atoms with Crippen LogP contribution in [0.1, 0.15) is 59.3 Å². The van der Waals surface area contributed by atoms with Gasteiger partial charge in [-0.15, -0.1) is 0 Å². The maximum atomic E-state index is 11.4. The summed E-state index contributed by atoms with van der Waals surface area (Å²) in [5, 5.41) is 10.2. The van der Waals surface area contributed by atoms with E-state index in [9.17, 15) is 4.79 Å². The molecule has 0 aromatic rings. The molecule has 2 aliphatic rings. The average molecular weight is 312 g/mol. The number of piperidine rings is 1. The van der Waals surface area contributed by atoms with Gasteiger partial charge in [-0.3, -0.25) is 9.59 Å². The van der Waals surface area contributed by atoms with Crippen LogP contribution in [0.2, 0.25) is 0 Å². The van der Waals surface area contributed by atoms with E-state index in [1.165, 1.54) is 45.2 Å². The van der Waals surface area contributed by atoms with E-state index in [1.807, 2.05) is 0 Å². The van der Waals surface area contributed by atoms with Crippen molar-refractivity contribution in [1.29, 1.82) is 0 Å². The maximum absolute atomic E-state index is 11.4. The van der Waals surface area contributed by atoms with E-state index in [0.717, 1.165) is 19.4 Å². The maximum Gasteiger partial charge on any atom is 0.300 e. The zero-order valence-electron chi connectivity index (χ0n) is 14.5. The highest BCUT2D eigenvalue weighted by Gasteiger charge is 2.35. The summed E-state index contributed by atoms with van der Waals surface area (Å²) in [6.45, 7) is 8.27. The highest BCUT2D eigenvalue weighted by Crippen LogP contribution is 2.40. The number of nitrogens with one attached hydrogen (secondary N) is 1. The van der Waals surface area contributed by atoms with Gasteiger partial charge >= 0.3 is 0 Å². The van der Waals surface area contributed by atoms with Crippen LogP contribution in [-0.2, 0) is 9.59 Å². The normalized spacial score (nSPS) is 25.2. The van der Waals surface area contributed by atoms with Gasteiger partial charge in [0.15, 0.2) is 0 Å². The Kier molecular flexibility index (Phi) is 7.33. The highest BCUT2D eigenvalue weighted by molar-refractivity contribution is 5.75. The van der Waals surface area contributed by atoms with E-state index in [4.69, 9.17) is 9.90 Å². The Labute approximate surface area is 134 Å². The van der Waals surface area contributed by atoms with Crippen molar-refractivity contribution in [3.63, 3.8) is 0 Å². The van der Waals surface area contributed by atoms with Crippen LogP contribution in [0.3, 0.4) is 0 Å². The Morgan fingerprint density at radius 2 is 1.77 bits per heavy atom. The smallest absolute Gasteiger partial charge is 0.300 e. The van der Waals surface area contributed by atoms with Gasteiger partial charge in [0.05, 0.1) is 0 Å². The number of nitrogens with zero attached hydrogens (tertiary/aromatic N) is 1. The summed E-state index contributed by atoms with van der Waals surface area (Å²) in [6, 6.07) is 0.806. The first-order valence-electron chi connectivity index (χ1n) is 8.37. The Morgan fingerprint density at radius 3 is 2.18 bits per heavy atom. The molecule has 0 aromatic heterocycles. The topological polar surface area (TPSA) is 69.6 Å². The quantitative estimate of drug-likeness (QED) is 0.840. The number of carboxylic acids is 1. The van der Waals surface area contributed by atoms with Gasteiger partial charge in [0, 0.05) is 26.4 Å². The zero-order valence-corrected chi connectivity index (χ0v) is 14.5. The number of hydrogen-bond donors (Lipinski definition) is 2. The van der Waals surface area contributed by atoms with Gasteiger partial charge in [-0.05, 0) is 56.5 Å². The largest absolute Gasteiger partial charge is 0.481 e. The van der Waals surface area contributed by atoms with Gasteiger partial charge in [0.1, 0.15) is 0 Å². The van der Waals surface area contributed by atoms with Gasteiger partial charge in [-0.1, -0.05) is 13.8 Å². The molecule has 0 radical (unpaired) electrons. The lowest BCUT2D eigenvalue weighted by molar-refractivity contribution is -0.134. The number of aliphatic carboxylic acids is 1. The first kappa shape index (κ1) is 18.9. The Balaban J connectivity index is 0.000000541. The van der Waals surface area contributed by atoms with Crippen molar-refractivity contribution >= 4 is 11.9 Å². The third kappa shape index (κ3) is 6.77. The first-order valence-corrected chi connectivity index (χ1v) is 8.37. The molecule has 1 amide bonds. The van der Waals surface area contributed by atoms with E-state index >= 15 is 0 Å². The van der Waals surface area contributed by atoms with Gasteiger partial charge in [0.2, 0.25) is 5.91 Å². The summed E-state index contributed by atoms with van der Waals surface area (Å²) in [6.07, 6.45) is 7.21. The van der Waals surface area contributed by atoms with Gasteiger partial charge in [-0.2, -0.15) is 0 Å². The average Bonchev–Trinajstić information content (AvgIpc) is 2.79. The number of amides is 1. The summed E-state index contributed by atoms with van der Waals surface area (Å²) in [5.74, 6) is -0.0222. The molecule has 5 nitrogen and oxygen atoms in total. The molecule has 0 aromatic carbocycles. The molecule has 128 valence electrons. The van der Waals surface area contributed by atoms with Crippen LogP contribution in [0.5, 0.6) is 0 Å². The second kappa shape index (κ2) is 8.51. The number of rotatable bonds is 3. The molecule has 2 rings (SSSR count). The van der Waals surface area contributed by atoms with Crippen molar-refractivity contribution in [3.05, 3.63) is 0 Å². The monoisotopic (exact) mass is 312 g/mol. The van der Waals surface area contributed by atoms with Crippen LogP contribution < -0.4 is 5.32 Å². The summed E-state index contributed by atoms with van der Waals surface area (Å²) in [4.78, 5) is 23.1. The predicted molar refractivity (Wildman–Crippen MR) is 87.7 cm³/mol. The lowest BCUT2D eigenvalue weighted by Gasteiger charge is -2.36. The Bertz CT molecular complexity index is 370. The van der Waals surface area contributed by atoms with Crippen LogP contribution in [0.25, 0.3) is 0 Å². The predicted octanol–water partition coefficient (Wildman–Crippen LogP) is 2.50. The second-order valence-electron chi connectivity index (χ2n) is 7.44. The number of carboxylic acid groups (broad SMARTS) is 1. The SMILES string of the molecule is CC(=O)O.CNC(=O)CC1CCN(C2CCC(C)(C)C2)CC1. The first-order chi connectivity index (χ1) is 10.2. The van der Waals surface area contributed by atoms with E-state index in [2.05, 4.69) is 24.1 Å². The molecule has 0 spiro atoms. The van der Waals surface area contributed by atoms with Crippen molar-refractivity contribution in [1.82, 2.24) is 10.2 Å². The molecule has 5 heteroatoms. The third-order valence-corrected chi connectivity index (χ3v) is 4.86. The summed E-state index contributed by atoms with van der Waals surface area (Å²) in [5.41, 5.74) is 0.545. The van der Waals surface area contributed by atoms with Crippen LogP contribution in [0.15, 0.2) is 0 Å². The van der Waals surface area contributed by atoms with E-state index < -0.39 is 5.97 Å². The van der Waals surface area contributed by atoms with Gasteiger partial charge < -0.3 is 15.3 Å². The van der Waals surface area contributed by atoms with Crippen molar-refractivity contribution in [2.45, 2.75) is 65.3 Å². The summed E-state index contributed by atoms with van der Waals surface area (Å²) in [7, 11) is 1.73. The molecule has 1 aliphatic carbocycles. The lowest BCUT2D eigenvalue weighted by Crippen LogP contribution is -2.41. The molecule has 1 unspecified atom stereocenters. The molecular weight excluding hydrogens is 280 g/mol. The molecule has 1 saturated heterocycles. The van der Waals surface area contributed by atoms with Crippen molar-refractivity contribution in [3.8, 4) is 0 Å². The zero-order chi connectivity index (χ0) is 16.8. The summed E-state index contributed by atoms with van der Waals surface area (Å²) >= 11 is 0. The minimum Gasteiger partial charge on any atom is -0.481 e. The Hall–Kier alpha value is -1.10. The van der Waals surface area contributed by atoms with Gasteiger partial charge in [-0.25, -0.2) is 0 Å².